The third kappa shape index (κ3) is 2.09. The maximum atomic E-state index is 8.42. The molecular weight excluding hydrogens is 206 g/mol. The van der Waals surface area contributed by atoms with E-state index in [0.717, 1.165) is 0 Å². The molecule has 1 rings (SSSR count). The average Bonchev–Trinajstić information content (AvgIpc) is 2.17. The minimum Gasteiger partial charge on any atom is -0.493 e. The van der Waals surface area contributed by atoms with E-state index in [4.69, 9.17) is 26.3 Å². The molecule has 0 saturated carbocycles. The highest BCUT2D eigenvalue weighted by Gasteiger charge is 2.10. The quantitative estimate of drug-likeness (QED) is 0.478. The highest BCUT2D eigenvalue weighted by molar-refractivity contribution is 6.31. The van der Waals surface area contributed by atoms with E-state index in [1.54, 1.807) is 12.1 Å². The molecule has 5 heteroatoms. The van der Waals surface area contributed by atoms with Gasteiger partial charge in [0.1, 0.15) is 0 Å². The number of hydrogen-bond acceptors (Lipinski definition) is 4. The van der Waals surface area contributed by atoms with E-state index in [-0.39, 0.29) is 0 Å². The molecule has 0 aliphatic rings. The molecule has 0 amide bonds. The second-order valence-electron chi connectivity index (χ2n) is 2.48. The van der Waals surface area contributed by atoms with E-state index in [9.17, 15) is 0 Å². The Bertz CT molecular complexity index is 352. The first kappa shape index (κ1) is 10.7. The standard InChI is InChI=1S/C9H10ClNO3/c1-13-8-4-7(10)3-6(5-11-12)9(8)14-2/h3-5,12H,1-2H3/b11-5-. The molecule has 14 heavy (non-hydrogen) atoms. The Balaban J connectivity index is 3.31. The average molecular weight is 216 g/mol. The molecule has 76 valence electrons. The van der Waals surface area contributed by atoms with Crippen molar-refractivity contribution < 1.29 is 14.7 Å². The fraction of sp³-hybridized carbons (Fsp3) is 0.222. The molecule has 1 N–H and O–H groups in total. The predicted octanol–water partition coefficient (Wildman–Crippen LogP) is 2.17. The van der Waals surface area contributed by atoms with E-state index in [0.29, 0.717) is 22.1 Å². The van der Waals surface area contributed by atoms with Crippen LogP contribution in [0.4, 0.5) is 0 Å². The number of benzene rings is 1. The molecule has 0 aliphatic heterocycles. The zero-order valence-electron chi connectivity index (χ0n) is 7.82. The molecule has 0 saturated heterocycles. The summed E-state index contributed by atoms with van der Waals surface area (Å²) in [5, 5.41) is 11.8. The maximum absolute atomic E-state index is 8.42. The lowest BCUT2D eigenvalue weighted by Crippen LogP contribution is -1.95. The molecule has 0 radical (unpaired) electrons. The second kappa shape index (κ2) is 4.72. The van der Waals surface area contributed by atoms with Crippen LogP contribution in [-0.4, -0.2) is 25.6 Å². The van der Waals surface area contributed by atoms with Crippen molar-refractivity contribution in [2.24, 2.45) is 5.16 Å². The van der Waals surface area contributed by atoms with Crippen LogP contribution in [0.5, 0.6) is 11.5 Å². The van der Waals surface area contributed by atoms with E-state index in [2.05, 4.69) is 5.16 Å². The first-order chi connectivity index (χ1) is 6.72. The smallest absolute Gasteiger partial charge is 0.169 e. The van der Waals surface area contributed by atoms with Gasteiger partial charge in [0.15, 0.2) is 11.5 Å². The lowest BCUT2D eigenvalue weighted by atomic mass is 10.2. The molecule has 0 aliphatic carbocycles. The Morgan fingerprint density at radius 1 is 1.36 bits per heavy atom. The predicted molar refractivity (Wildman–Crippen MR) is 53.9 cm³/mol. The fourth-order valence-corrected chi connectivity index (χ4v) is 1.33. The first-order valence-electron chi connectivity index (χ1n) is 3.82. The van der Waals surface area contributed by atoms with Crippen LogP contribution in [0.3, 0.4) is 0 Å². The van der Waals surface area contributed by atoms with Crippen LogP contribution in [0.1, 0.15) is 5.56 Å². The number of nitrogens with zero attached hydrogens (tertiary/aromatic N) is 1. The molecule has 1 aromatic rings. The fourth-order valence-electron chi connectivity index (χ4n) is 1.12. The molecule has 0 aromatic heterocycles. The van der Waals surface area contributed by atoms with Gasteiger partial charge in [-0.25, -0.2) is 0 Å². The topological polar surface area (TPSA) is 51.0 Å². The SMILES string of the molecule is COc1cc(Cl)cc(/C=N\O)c1OC. The number of hydrogen-bond donors (Lipinski definition) is 1. The highest BCUT2D eigenvalue weighted by atomic mass is 35.5. The van der Waals surface area contributed by atoms with Crippen molar-refractivity contribution in [1.82, 2.24) is 0 Å². The maximum Gasteiger partial charge on any atom is 0.169 e. The monoisotopic (exact) mass is 215 g/mol. The lowest BCUT2D eigenvalue weighted by molar-refractivity contribution is 0.321. The number of oxime groups is 1. The second-order valence-corrected chi connectivity index (χ2v) is 2.91. The van der Waals surface area contributed by atoms with Crippen molar-refractivity contribution in [3.63, 3.8) is 0 Å². The van der Waals surface area contributed by atoms with Crippen molar-refractivity contribution in [1.29, 1.82) is 0 Å². The van der Waals surface area contributed by atoms with Crippen LogP contribution in [0.25, 0.3) is 0 Å². The van der Waals surface area contributed by atoms with Crippen molar-refractivity contribution in [3.8, 4) is 11.5 Å². The van der Waals surface area contributed by atoms with Gasteiger partial charge in [0.25, 0.3) is 0 Å². The summed E-state index contributed by atoms with van der Waals surface area (Å²) < 4.78 is 10.1. The molecule has 4 nitrogen and oxygen atoms in total. The van der Waals surface area contributed by atoms with E-state index in [1.807, 2.05) is 0 Å². The summed E-state index contributed by atoms with van der Waals surface area (Å²) in [6.07, 6.45) is 1.23. The normalized spacial score (nSPS) is 10.5. The minimum atomic E-state index is 0.481. The summed E-state index contributed by atoms with van der Waals surface area (Å²) in [6, 6.07) is 3.23. The highest BCUT2D eigenvalue weighted by Crippen LogP contribution is 2.33. The van der Waals surface area contributed by atoms with Gasteiger partial charge in [0, 0.05) is 16.7 Å². The summed E-state index contributed by atoms with van der Waals surface area (Å²) in [4.78, 5) is 0. The third-order valence-corrected chi connectivity index (χ3v) is 1.89. The van der Waals surface area contributed by atoms with Gasteiger partial charge in [-0.05, 0) is 6.07 Å². The van der Waals surface area contributed by atoms with Gasteiger partial charge < -0.3 is 14.7 Å². The molecule has 0 spiro atoms. The van der Waals surface area contributed by atoms with Crippen molar-refractivity contribution >= 4 is 17.8 Å². The van der Waals surface area contributed by atoms with E-state index < -0.39 is 0 Å². The van der Waals surface area contributed by atoms with Crippen LogP contribution in [0.2, 0.25) is 5.02 Å². The number of rotatable bonds is 3. The summed E-state index contributed by atoms with van der Waals surface area (Å²) >= 11 is 5.81. The molecule has 1 aromatic carbocycles. The largest absolute Gasteiger partial charge is 0.493 e. The first-order valence-corrected chi connectivity index (χ1v) is 4.19. The minimum absolute atomic E-state index is 0.481. The molecule has 0 heterocycles. The third-order valence-electron chi connectivity index (χ3n) is 1.67. The van der Waals surface area contributed by atoms with Gasteiger partial charge in [0.2, 0.25) is 0 Å². The van der Waals surface area contributed by atoms with Crippen molar-refractivity contribution in [3.05, 3.63) is 22.7 Å². The molecule has 0 fully saturated rings. The van der Waals surface area contributed by atoms with Crippen LogP contribution in [-0.2, 0) is 0 Å². The van der Waals surface area contributed by atoms with Crippen LogP contribution in [0.15, 0.2) is 17.3 Å². The van der Waals surface area contributed by atoms with Gasteiger partial charge >= 0.3 is 0 Å². The zero-order chi connectivity index (χ0) is 10.6. The summed E-state index contributed by atoms with van der Waals surface area (Å²) in [5.74, 6) is 0.976. The van der Waals surface area contributed by atoms with Gasteiger partial charge in [-0.1, -0.05) is 16.8 Å². The van der Waals surface area contributed by atoms with Crippen LogP contribution in [0, 0.1) is 0 Å². The lowest BCUT2D eigenvalue weighted by Gasteiger charge is -2.10. The number of methoxy groups -OCH3 is 2. The number of halogens is 1. The van der Waals surface area contributed by atoms with Crippen LogP contribution < -0.4 is 9.47 Å². The van der Waals surface area contributed by atoms with E-state index in [1.165, 1.54) is 20.4 Å². The Kier molecular flexibility index (Phi) is 3.59. The van der Waals surface area contributed by atoms with E-state index >= 15 is 0 Å². The van der Waals surface area contributed by atoms with Gasteiger partial charge in [-0.3, -0.25) is 0 Å². The van der Waals surface area contributed by atoms with Crippen molar-refractivity contribution in [2.75, 3.05) is 14.2 Å². The molecular formula is C9H10ClNO3. The number of ether oxygens (including phenoxy) is 2. The molecule has 0 atom stereocenters. The van der Waals surface area contributed by atoms with Crippen LogP contribution >= 0.6 is 11.6 Å². The Morgan fingerprint density at radius 3 is 2.57 bits per heavy atom. The molecule has 0 bridgehead atoms. The summed E-state index contributed by atoms with van der Waals surface area (Å²) in [6.45, 7) is 0. The van der Waals surface area contributed by atoms with Gasteiger partial charge in [-0.15, -0.1) is 0 Å². The zero-order valence-corrected chi connectivity index (χ0v) is 8.58. The Labute approximate surface area is 86.7 Å². The van der Waals surface area contributed by atoms with Gasteiger partial charge in [0.05, 0.1) is 20.4 Å². The Hall–Kier alpha value is -1.42. The summed E-state index contributed by atoms with van der Waals surface area (Å²) in [7, 11) is 3.01. The Morgan fingerprint density at radius 2 is 2.07 bits per heavy atom. The van der Waals surface area contributed by atoms with Crippen molar-refractivity contribution in [2.45, 2.75) is 0 Å². The van der Waals surface area contributed by atoms with Gasteiger partial charge in [-0.2, -0.15) is 0 Å². The molecule has 0 unspecified atom stereocenters. The summed E-state index contributed by atoms with van der Waals surface area (Å²) in [5.41, 5.74) is 0.555.